The van der Waals surface area contributed by atoms with E-state index in [1.54, 1.807) is 4.90 Å². The van der Waals surface area contributed by atoms with Crippen molar-refractivity contribution in [1.29, 1.82) is 0 Å². The number of hydrogen-bond donors (Lipinski definition) is 1. The number of ether oxygens (including phenoxy) is 1. The van der Waals surface area contributed by atoms with Crippen molar-refractivity contribution in [3.8, 4) is 0 Å². The molecule has 114 valence electrons. The summed E-state index contributed by atoms with van der Waals surface area (Å²) in [6, 6.07) is -0.0656. The van der Waals surface area contributed by atoms with E-state index in [4.69, 9.17) is 4.74 Å². The Bertz CT molecular complexity index is 367. The molecule has 0 saturated carbocycles. The van der Waals surface area contributed by atoms with E-state index in [9.17, 15) is 9.59 Å². The molecule has 20 heavy (non-hydrogen) atoms. The first kappa shape index (κ1) is 15.1. The summed E-state index contributed by atoms with van der Waals surface area (Å²) < 4.78 is 5.45. The van der Waals surface area contributed by atoms with Crippen LogP contribution in [0.1, 0.15) is 33.1 Å². The highest BCUT2D eigenvalue weighted by Gasteiger charge is 2.44. The van der Waals surface area contributed by atoms with Gasteiger partial charge in [-0.25, -0.2) is 4.79 Å². The molecule has 6 nitrogen and oxygen atoms in total. The molecule has 3 amide bonds. The van der Waals surface area contributed by atoms with Crippen LogP contribution in [0.15, 0.2) is 0 Å². The largest absolute Gasteiger partial charge is 0.381 e. The third-order valence-electron chi connectivity index (χ3n) is 4.31. The molecular formula is C14H25N3O3. The summed E-state index contributed by atoms with van der Waals surface area (Å²) >= 11 is 0. The van der Waals surface area contributed by atoms with E-state index in [1.807, 2.05) is 18.7 Å². The van der Waals surface area contributed by atoms with Crippen LogP contribution in [0.25, 0.3) is 0 Å². The maximum atomic E-state index is 12.4. The second kappa shape index (κ2) is 6.43. The van der Waals surface area contributed by atoms with Gasteiger partial charge in [-0.1, -0.05) is 0 Å². The van der Waals surface area contributed by atoms with E-state index in [2.05, 4.69) is 5.32 Å². The number of nitrogens with one attached hydrogen (secondary N) is 1. The van der Waals surface area contributed by atoms with E-state index in [0.717, 1.165) is 12.8 Å². The van der Waals surface area contributed by atoms with E-state index < -0.39 is 0 Å². The van der Waals surface area contributed by atoms with E-state index in [0.29, 0.717) is 45.8 Å². The van der Waals surface area contributed by atoms with Crippen molar-refractivity contribution in [2.75, 3.05) is 39.4 Å². The molecule has 2 aliphatic heterocycles. The van der Waals surface area contributed by atoms with Gasteiger partial charge in [0.15, 0.2) is 0 Å². The number of likely N-dealkylation sites (N-methyl/N-ethyl adjacent to an activating group) is 1. The fourth-order valence-electron chi connectivity index (χ4n) is 3.28. The Balaban J connectivity index is 2.22. The van der Waals surface area contributed by atoms with Gasteiger partial charge >= 0.3 is 6.03 Å². The molecule has 2 fully saturated rings. The standard InChI is InChI=1S/C14H25N3O3/c1-3-15-13(19)16-8-5-12(18)17(4-2)14(11-16)6-9-20-10-7-14/h3-11H2,1-2H3,(H,15,19). The molecule has 1 spiro atoms. The fraction of sp³-hybridized carbons (Fsp3) is 0.857. The minimum absolute atomic E-state index is 0.0656. The van der Waals surface area contributed by atoms with Gasteiger partial charge in [-0.3, -0.25) is 4.79 Å². The maximum Gasteiger partial charge on any atom is 0.317 e. The summed E-state index contributed by atoms with van der Waals surface area (Å²) in [5.41, 5.74) is -0.244. The van der Waals surface area contributed by atoms with Crippen LogP contribution in [0.4, 0.5) is 4.79 Å². The topological polar surface area (TPSA) is 61.9 Å². The van der Waals surface area contributed by atoms with Crippen molar-refractivity contribution >= 4 is 11.9 Å². The molecule has 0 bridgehead atoms. The lowest BCUT2D eigenvalue weighted by Crippen LogP contribution is -2.59. The van der Waals surface area contributed by atoms with Gasteiger partial charge in [-0.05, 0) is 26.7 Å². The van der Waals surface area contributed by atoms with Crippen LogP contribution in [0.5, 0.6) is 0 Å². The molecule has 0 atom stereocenters. The van der Waals surface area contributed by atoms with Crippen molar-refractivity contribution < 1.29 is 14.3 Å². The highest BCUT2D eigenvalue weighted by atomic mass is 16.5. The summed E-state index contributed by atoms with van der Waals surface area (Å²) in [4.78, 5) is 28.3. The zero-order chi connectivity index (χ0) is 14.6. The Morgan fingerprint density at radius 1 is 1.35 bits per heavy atom. The zero-order valence-corrected chi connectivity index (χ0v) is 12.5. The molecule has 6 heteroatoms. The molecule has 2 aliphatic rings. The second-order valence-electron chi connectivity index (χ2n) is 5.48. The average Bonchev–Trinajstić information content (AvgIpc) is 2.57. The number of carbonyl (C=O) groups is 2. The average molecular weight is 283 g/mol. The van der Waals surface area contributed by atoms with Gasteiger partial charge < -0.3 is 19.9 Å². The lowest BCUT2D eigenvalue weighted by Gasteiger charge is -2.46. The van der Waals surface area contributed by atoms with Crippen LogP contribution in [0.3, 0.4) is 0 Å². The summed E-state index contributed by atoms with van der Waals surface area (Å²) in [5, 5.41) is 2.84. The third kappa shape index (κ3) is 2.90. The van der Waals surface area contributed by atoms with Crippen molar-refractivity contribution in [3.05, 3.63) is 0 Å². The van der Waals surface area contributed by atoms with Gasteiger partial charge in [0, 0.05) is 45.8 Å². The molecule has 2 saturated heterocycles. The summed E-state index contributed by atoms with van der Waals surface area (Å²) in [7, 11) is 0. The smallest absolute Gasteiger partial charge is 0.317 e. The molecule has 0 aliphatic carbocycles. The van der Waals surface area contributed by atoms with Gasteiger partial charge in [-0.2, -0.15) is 0 Å². The van der Waals surface area contributed by atoms with Gasteiger partial charge in [0.2, 0.25) is 5.91 Å². The first-order valence-electron chi connectivity index (χ1n) is 7.54. The predicted octanol–water partition coefficient (Wildman–Crippen LogP) is 0.819. The monoisotopic (exact) mass is 283 g/mol. The minimum atomic E-state index is -0.244. The van der Waals surface area contributed by atoms with Crippen LogP contribution in [0.2, 0.25) is 0 Å². The summed E-state index contributed by atoms with van der Waals surface area (Å²) in [6.07, 6.45) is 2.03. The Kier molecular flexibility index (Phi) is 4.86. The molecular weight excluding hydrogens is 258 g/mol. The van der Waals surface area contributed by atoms with Crippen LogP contribution in [-0.2, 0) is 9.53 Å². The number of rotatable bonds is 2. The van der Waals surface area contributed by atoms with Crippen LogP contribution >= 0.6 is 0 Å². The Hall–Kier alpha value is -1.30. The molecule has 0 unspecified atom stereocenters. The van der Waals surface area contributed by atoms with Gasteiger partial charge in [0.25, 0.3) is 0 Å². The molecule has 1 N–H and O–H groups in total. The Morgan fingerprint density at radius 3 is 2.65 bits per heavy atom. The molecule has 0 aromatic rings. The van der Waals surface area contributed by atoms with Crippen molar-refractivity contribution in [2.45, 2.75) is 38.6 Å². The number of hydrogen-bond acceptors (Lipinski definition) is 3. The number of urea groups is 1. The van der Waals surface area contributed by atoms with E-state index in [1.165, 1.54) is 0 Å². The number of nitrogens with zero attached hydrogens (tertiary/aromatic N) is 2. The van der Waals surface area contributed by atoms with Gasteiger partial charge in [-0.15, -0.1) is 0 Å². The van der Waals surface area contributed by atoms with Crippen molar-refractivity contribution in [2.24, 2.45) is 0 Å². The molecule has 0 aromatic carbocycles. The highest BCUT2D eigenvalue weighted by Crippen LogP contribution is 2.31. The van der Waals surface area contributed by atoms with Crippen molar-refractivity contribution in [3.63, 3.8) is 0 Å². The fourth-order valence-corrected chi connectivity index (χ4v) is 3.28. The van der Waals surface area contributed by atoms with Crippen molar-refractivity contribution in [1.82, 2.24) is 15.1 Å². The molecule has 0 radical (unpaired) electrons. The van der Waals surface area contributed by atoms with Crippen LogP contribution in [-0.4, -0.2) is 66.7 Å². The molecule has 2 heterocycles. The second-order valence-corrected chi connectivity index (χ2v) is 5.48. The number of carbonyl (C=O) groups excluding carboxylic acids is 2. The third-order valence-corrected chi connectivity index (χ3v) is 4.31. The van der Waals surface area contributed by atoms with Gasteiger partial charge in [0.1, 0.15) is 0 Å². The highest BCUT2D eigenvalue weighted by molar-refractivity contribution is 5.80. The minimum Gasteiger partial charge on any atom is -0.381 e. The first-order chi connectivity index (χ1) is 9.63. The SMILES string of the molecule is CCNC(=O)N1CCC(=O)N(CC)C2(CCOCC2)C1. The van der Waals surface area contributed by atoms with Gasteiger partial charge in [0.05, 0.1) is 5.54 Å². The quantitative estimate of drug-likeness (QED) is 0.816. The molecule has 2 rings (SSSR count). The normalized spacial score (nSPS) is 22.8. The lowest BCUT2D eigenvalue weighted by atomic mass is 9.87. The Labute approximate surface area is 120 Å². The zero-order valence-electron chi connectivity index (χ0n) is 12.5. The summed E-state index contributed by atoms with van der Waals surface area (Å²) in [5.74, 6) is 0.154. The molecule has 0 aromatic heterocycles. The van der Waals surface area contributed by atoms with Crippen LogP contribution < -0.4 is 5.32 Å². The summed E-state index contributed by atoms with van der Waals surface area (Å²) in [6.45, 7) is 7.66. The van der Waals surface area contributed by atoms with Crippen LogP contribution in [0, 0.1) is 0 Å². The van der Waals surface area contributed by atoms with E-state index >= 15 is 0 Å². The lowest BCUT2D eigenvalue weighted by molar-refractivity contribution is -0.139. The first-order valence-corrected chi connectivity index (χ1v) is 7.54. The van der Waals surface area contributed by atoms with E-state index in [-0.39, 0.29) is 17.5 Å². The predicted molar refractivity (Wildman–Crippen MR) is 75.4 cm³/mol. The maximum absolute atomic E-state index is 12.4. The number of amides is 3. The Morgan fingerprint density at radius 2 is 2.05 bits per heavy atom.